The lowest BCUT2D eigenvalue weighted by Crippen LogP contribution is -2.12. The highest BCUT2D eigenvalue weighted by atomic mass is 19.1. The van der Waals surface area contributed by atoms with Crippen molar-refractivity contribution in [1.82, 2.24) is 4.98 Å². The molecule has 0 aromatic carbocycles. The van der Waals surface area contributed by atoms with Crippen LogP contribution in [0.15, 0.2) is 17.2 Å². The lowest BCUT2D eigenvalue weighted by Gasteiger charge is -1.92. The third kappa shape index (κ3) is 1.06. The molecule has 1 aromatic heterocycles. The average Bonchev–Trinajstić information content (AvgIpc) is 1.95. The number of aromatic amines is 1. The number of aromatic nitrogens is 1. The van der Waals surface area contributed by atoms with Crippen molar-refractivity contribution in [3.63, 3.8) is 0 Å². The van der Waals surface area contributed by atoms with Crippen molar-refractivity contribution in [2.45, 2.75) is 6.61 Å². The molecule has 0 saturated heterocycles. The summed E-state index contributed by atoms with van der Waals surface area (Å²) in [7, 11) is 0. The van der Waals surface area contributed by atoms with E-state index in [9.17, 15) is 9.18 Å². The zero-order valence-corrected chi connectivity index (χ0v) is 5.10. The highest BCUT2D eigenvalue weighted by molar-refractivity contribution is 5.09. The minimum atomic E-state index is -0.869. The monoisotopic (exact) mass is 143 g/mol. The van der Waals surface area contributed by atoms with Gasteiger partial charge in [-0.2, -0.15) is 0 Å². The maximum Gasteiger partial charge on any atom is 0.222 e. The molecule has 0 aliphatic heterocycles. The summed E-state index contributed by atoms with van der Waals surface area (Å²) in [6.07, 6.45) is 2.22. The van der Waals surface area contributed by atoms with E-state index in [2.05, 4.69) is 4.98 Å². The molecule has 0 atom stereocenters. The standard InChI is InChI=1S/C6H6FNO2/c7-5-2-8-1-4(3-9)6(5)10/h1-2,9H,3H2,(H,8,10). The molecular formula is C6H6FNO2. The van der Waals surface area contributed by atoms with E-state index in [1.165, 1.54) is 6.20 Å². The van der Waals surface area contributed by atoms with Gasteiger partial charge in [-0.3, -0.25) is 4.79 Å². The first-order valence-electron chi connectivity index (χ1n) is 2.72. The van der Waals surface area contributed by atoms with Gasteiger partial charge in [0, 0.05) is 18.0 Å². The van der Waals surface area contributed by atoms with Crippen LogP contribution in [0, 0.1) is 5.82 Å². The first kappa shape index (κ1) is 6.95. The number of hydrogen-bond donors (Lipinski definition) is 2. The van der Waals surface area contributed by atoms with Crippen molar-refractivity contribution in [1.29, 1.82) is 0 Å². The molecule has 4 heteroatoms. The fraction of sp³-hybridized carbons (Fsp3) is 0.167. The number of hydrogen-bond acceptors (Lipinski definition) is 2. The third-order valence-corrected chi connectivity index (χ3v) is 1.15. The van der Waals surface area contributed by atoms with Gasteiger partial charge in [0.05, 0.1) is 6.61 Å². The predicted octanol–water partition coefficient (Wildman–Crippen LogP) is 0.00630. The molecule has 1 aromatic rings. The highest BCUT2D eigenvalue weighted by Gasteiger charge is 2.01. The third-order valence-electron chi connectivity index (χ3n) is 1.15. The van der Waals surface area contributed by atoms with Gasteiger partial charge in [0.15, 0.2) is 5.82 Å². The lowest BCUT2D eigenvalue weighted by molar-refractivity contribution is 0.279. The quantitative estimate of drug-likeness (QED) is 0.581. The van der Waals surface area contributed by atoms with Gasteiger partial charge in [-0.1, -0.05) is 0 Å². The van der Waals surface area contributed by atoms with Crippen LogP contribution < -0.4 is 5.43 Å². The van der Waals surface area contributed by atoms with E-state index < -0.39 is 17.9 Å². The van der Waals surface area contributed by atoms with Crippen LogP contribution in [0.3, 0.4) is 0 Å². The lowest BCUT2D eigenvalue weighted by atomic mass is 10.3. The molecule has 0 bridgehead atoms. The molecule has 0 aliphatic carbocycles. The number of nitrogens with one attached hydrogen (secondary N) is 1. The molecule has 0 amide bonds. The van der Waals surface area contributed by atoms with Crippen molar-refractivity contribution in [3.05, 3.63) is 34.0 Å². The molecule has 0 saturated carbocycles. The van der Waals surface area contributed by atoms with Gasteiger partial charge in [-0.25, -0.2) is 4.39 Å². The molecule has 0 unspecified atom stereocenters. The van der Waals surface area contributed by atoms with E-state index in [0.29, 0.717) is 0 Å². The van der Waals surface area contributed by atoms with E-state index in [4.69, 9.17) is 5.11 Å². The normalized spacial score (nSPS) is 9.80. The van der Waals surface area contributed by atoms with Crippen LogP contribution >= 0.6 is 0 Å². The van der Waals surface area contributed by atoms with Crippen molar-refractivity contribution < 1.29 is 9.50 Å². The van der Waals surface area contributed by atoms with Gasteiger partial charge < -0.3 is 10.1 Å². The topological polar surface area (TPSA) is 53.1 Å². The van der Waals surface area contributed by atoms with Gasteiger partial charge in [0.25, 0.3) is 0 Å². The molecular weight excluding hydrogens is 137 g/mol. The molecule has 2 N–H and O–H groups in total. The second-order valence-corrected chi connectivity index (χ2v) is 1.82. The maximum absolute atomic E-state index is 12.3. The van der Waals surface area contributed by atoms with E-state index in [-0.39, 0.29) is 5.56 Å². The van der Waals surface area contributed by atoms with Crippen LogP contribution in [0.4, 0.5) is 4.39 Å². The number of aliphatic hydroxyl groups is 1. The Morgan fingerprint density at radius 3 is 2.80 bits per heavy atom. The maximum atomic E-state index is 12.3. The van der Waals surface area contributed by atoms with Gasteiger partial charge in [0.1, 0.15) is 0 Å². The second-order valence-electron chi connectivity index (χ2n) is 1.82. The Morgan fingerprint density at radius 1 is 1.60 bits per heavy atom. The van der Waals surface area contributed by atoms with Crippen molar-refractivity contribution in [2.75, 3.05) is 0 Å². The zero-order chi connectivity index (χ0) is 7.56. The summed E-state index contributed by atoms with van der Waals surface area (Å²) in [5.74, 6) is -0.869. The summed E-state index contributed by atoms with van der Waals surface area (Å²) in [5.41, 5.74) is -0.707. The molecule has 0 fully saturated rings. The smallest absolute Gasteiger partial charge is 0.222 e. The highest BCUT2D eigenvalue weighted by Crippen LogP contribution is 1.90. The minimum Gasteiger partial charge on any atom is -0.391 e. The Hall–Kier alpha value is -1.16. The Morgan fingerprint density at radius 2 is 2.30 bits per heavy atom. The average molecular weight is 143 g/mol. The van der Waals surface area contributed by atoms with Crippen molar-refractivity contribution in [2.24, 2.45) is 0 Å². The number of halogens is 1. The van der Waals surface area contributed by atoms with Crippen molar-refractivity contribution in [3.8, 4) is 0 Å². The van der Waals surface area contributed by atoms with E-state index in [1.807, 2.05) is 0 Å². The van der Waals surface area contributed by atoms with E-state index >= 15 is 0 Å². The Bertz CT molecular complexity index is 281. The molecule has 54 valence electrons. The van der Waals surface area contributed by atoms with Crippen LogP contribution in [0.25, 0.3) is 0 Å². The molecule has 0 aliphatic rings. The van der Waals surface area contributed by atoms with Gasteiger partial charge in [0.2, 0.25) is 5.43 Å². The summed E-state index contributed by atoms with van der Waals surface area (Å²) in [6.45, 7) is -0.437. The number of aliphatic hydroxyl groups excluding tert-OH is 1. The van der Waals surface area contributed by atoms with Gasteiger partial charge in [-0.15, -0.1) is 0 Å². The second kappa shape index (κ2) is 2.62. The molecule has 0 spiro atoms. The SMILES string of the molecule is O=c1c(F)c[nH]cc1CO. The van der Waals surface area contributed by atoms with Gasteiger partial charge >= 0.3 is 0 Å². The van der Waals surface area contributed by atoms with Crippen LogP contribution in [-0.2, 0) is 6.61 Å². The van der Waals surface area contributed by atoms with Crippen LogP contribution in [-0.4, -0.2) is 10.1 Å². The summed E-state index contributed by atoms with van der Waals surface area (Å²) >= 11 is 0. The molecule has 1 heterocycles. The number of H-pyrrole nitrogens is 1. The largest absolute Gasteiger partial charge is 0.391 e. The summed E-state index contributed by atoms with van der Waals surface area (Å²) in [5, 5.41) is 8.46. The fourth-order valence-corrected chi connectivity index (χ4v) is 0.617. The predicted molar refractivity (Wildman–Crippen MR) is 32.9 cm³/mol. The fourth-order valence-electron chi connectivity index (χ4n) is 0.617. The van der Waals surface area contributed by atoms with Crippen LogP contribution in [0.2, 0.25) is 0 Å². The first-order chi connectivity index (χ1) is 4.75. The first-order valence-corrected chi connectivity index (χ1v) is 2.72. The van der Waals surface area contributed by atoms with Crippen LogP contribution in [0.1, 0.15) is 5.56 Å². The Labute approximate surface area is 56.1 Å². The van der Waals surface area contributed by atoms with Crippen LogP contribution in [0.5, 0.6) is 0 Å². The number of pyridine rings is 1. The zero-order valence-electron chi connectivity index (χ0n) is 5.10. The Balaban J connectivity index is 3.28. The Kier molecular flexibility index (Phi) is 1.82. The molecule has 1 rings (SSSR count). The van der Waals surface area contributed by atoms with E-state index in [1.54, 1.807) is 0 Å². The summed E-state index contributed by atoms with van der Waals surface area (Å²) in [4.78, 5) is 13.0. The van der Waals surface area contributed by atoms with Gasteiger partial charge in [-0.05, 0) is 0 Å². The minimum absolute atomic E-state index is 0.0417. The number of rotatable bonds is 1. The van der Waals surface area contributed by atoms with E-state index in [0.717, 1.165) is 6.20 Å². The molecule has 10 heavy (non-hydrogen) atoms. The molecule has 0 radical (unpaired) electrons. The molecule has 3 nitrogen and oxygen atoms in total. The summed E-state index contributed by atoms with van der Waals surface area (Å²) in [6, 6.07) is 0. The summed E-state index contributed by atoms with van der Waals surface area (Å²) < 4.78 is 12.3. The van der Waals surface area contributed by atoms with Crippen molar-refractivity contribution >= 4 is 0 Å².